The van der Waals surface area contributed by atoms with E-state index in [1.165, 1.54) is 24.8 Å². The number of carbonyl (C=O) groups is 1. The maximum atomic E-state index is 12.2. The smallest absolute Gasteiger partial charge is 0.234 e. The molecule has 1 aromatic heterocycles. The van der Waals surface area contributed by atoms with Gasteiger partial charge in [-0.15, -0.1) is 0 Å². The van der Waals surface area contributed by atoms with E-state index in [9.17, 15) is 4.79 Å². The van der Waals surface area contributed by atoms with Crippen LogP contribution in [0.25, 0.3) is 10.9 Å². The maximum Gasteiger partial charge on any atom is 0.234 e. The topological polar surface area (TPSA) is 45.2 Å². The third-order valence-corrected chi connectivity index (χ3v) is 4.50. The van der Waals surface area contributed by atoms with Gasteiger partial charge >= 0.3 is 0 Å². The molecule has 1 aliphatic carbocycles. The molecule has 1 aromatic carbocycles. The Bertz CT molecular complexity index is 664. The normalized spacial score (nSPS) is 15.9. The Labute approximate surface area is 137 Å². The molecular formula is C19H25N3O. The Balaban J connectivity index is 1.53. The highest BCUT2D eigenvalue weighted by atomic mass is 16.2. The van der Waals surface area contributed by atoms with Crippen molar-refractivity contribution < 1.29 is 4.79 Å². The van der Waals surface area contributed by atoms with E-state index >= 15 is 0 Å². The highest BCUT2D eigenvalue weighted by Crippen LogP contribution is 2.17. The molecule has 1 amide bonds. The van der Waals surface area contributed by atoms with Gasteiger partial charge in [-0.2, -0.15) is 0 Å². The van der Waals surface area contributed by atoms with Crippen molar-refractivity contribution in [2.45, 2.75) is 44.7 Å². The second kappa shape index (κ2) is 7.55. The number of nitrogens with one attached hydrogen (secondary N) is 1. The van der Waals surface area contributed by atoms with Gasteiger partial charge in [-0.3, -0.25) is 14.7 Å². The largest absolute Gasteiger partial charge is 0.352 e. The summed E-state index contributed by atoms with van der Waals surface area (Å²) in [5, 5.41) is 4.32. The average Bonchev–Trinajstić information content (AvgIpc) is 2.55. The van der Waals surface area contributed by atoms with E-state index in [2.05, 4.69) is 33.4 Å². The maximum absolute atomic E-state index is 12.2. The highest BCUT2D eigenvalue weighted by Gasteiger charge is 2.16. The summed E-state index contributed by atoms with van der Waals surface area (Å²) in [4.78, 5) is 18.6. The van der Waals surface area contributed by atoms with E-state index in [0.717, 1.165) is 30.3 Å². The Morgan fingerprint density at radius 2 is 2.09 bits per heavy atom. The molecule has 0 atom stereocenters. The molecule has 1 heterocycles. The zero-order valence-electron chi connectivity index (χ0n) is 13.8. The second-order valence-corrected chi connectivity index (χ2v) is 6.61. The number of amides is 1. The van der Waals surface area contributed by atoms with Gasteiger partial charge in [-0.05, 0) is 43.7 Å². The summed E-state index contributed by atoms with van der Waals surface area (Å²) in [5.74, 6) is 0.141. The molecule has 1 fully saturated rings. The first-order valence-electron chi connectivity index (χ1n) is 8.52. The third kappa shape index (κ3) is 4.52. The van der Waals surface area contributed by atoms with Gasteiger partial charge in [0.1, 0.15) is 0 Å². The predicted molar refractivity (Wildman–Crippen MR) is 93.1 cm³/mol. The van der Waals surface area contributed by atoms with Crippen molar-refractivity contribution >= 4 is 16.8 Å². The van der Waals surface area contributed by atoms with Crippen molar-refractivity contribution in [3.63, 3.8) is 0 Å². The second-order valence-electron chi connectivity index (χ2n) is 6.61. The number of likely N-dealkylation sites (N-methyl/N-ethyl adjacent to an activating group) is 1. The number of fused-ring (bicyclic) bond motifs is 1. The van der Waals surface area contributed by atoms with Crippen LogP contribution in [-0.2, 0) is 11.3 Å². The SMILES string of the molecule is CN(CC(=O)NC1CCCCC1)Cc1ccc2ncccc2c1. The standard InChI is InChI=1S/C19H25N3O/c1-22(14-19(23)21-17-7-3-2-4-8-17)13-15-9-10-18-16(12-15)6-5-11-20-18/h5-6,9-12,17H,2-4,7-8,13-14H2,1H3,(H,21,23). The number of aromatic nitrogens is 1. The van der Waals surface area contributed by atoms with E-state index < -0.39 is 0 Å². The Kier molecular flexibility index (Phi) is 5.23. The summed E-state index contributed by atoms with van der Waals surface area (Å²) in [6.07, 6.45) is 7.87. The zero-order chi connectivity index (χ0) is 16.1. The van der Waals surface area contributed by atoms with Crippen LogP contribution in [0.4, 0.5) is 0 Å². The molecule has 0 aliphatic heterocycles. The molecule has 0 spiro atoms. The third-order valence-electron chi connectivity index (χ3n) is 4.50. The van der Waals surface area contributed by atoms with Gasteiger partial charge in [0.05, 0.1) is 12.1 Å². The summed E-state index contributed by atoms with van der Waals surface area (Å²) >= 11 is 0. The van der Waals surface area contributed by atoms with E-state index in [1.54, 1.807) is 0 Å². The predicted octanol–water partition coefficient (Wildman–Crippen LogP) is 3.12. The quantitative estimate of drug-likeness (QED) is 0.923. The van der Waals surface area contributed by atoms with Gasteiger partial charge in [-0.1, -0.05) is 31.4 Å². The van der Waals surface area contributed by atoms with Crippen LogP contribution in [0.15, 0.2) is 36.5 Å². The minimum absolute atomic E-state index is 0.141. The van der Waals surface area contributed by atoms with Crippen LogP contribution in [-0.4, -0.2) is 35.4 Å². The number of pyridine rings is 1. The average molecular weight is 311 g/mol. The molecule has 4 heteroatoms. The molecule has 2 aromatic rings. The van der Waals surface area contributed by atoms with Crippen molar-refractivity contribution in [3.8, 4) is 0 Å². The van der Waals surface area contributed by atoms with Gasteiger partial charge in [-0.25, -0.2) is 0 Å². The molecular weight excluding hydrogens is 286 g/mol. The van der Waals surface area contributed by atoms with Crippen molar-refractivity contribution in [2.75, 3.05) is 13.6 Å². The fourth-order valence-corrected chi connectivity index (χ4v) is 3.36. The lowest BCUT2D eigenvalue weighted by molar-refractivity contribution is -0.123. The lowest BCUT2D eigenvalue weighted by Crippen LogP contribution is -2.41. The molecule has 23 heavy (non-hydrogen) atoms. The Morgan fingerprint density at radius 3 is 2.91 bits per heavy atom. The van der Waals surface area contributed by atoms with Crippen molar-refractivity contribution in [1.29, 1.82) is 0 Å². The molecule has 4 nitrogen and oxygen atoms in total. The number of carbonyl (C=O) groups excluding carboxylic acids is 1. The molecule has 0 unspecified atom stereocenters. The minimum Gasteiger partial charge on any atom is -0.352 e. The molecule has 1 N–H and O–H groups in total. The van der Waals surface area contributed by atoms with Gasteiger partial charge in [0.15, 0.2) is 0 Å². The molecule has 0 radical (unpaired) electrons. The van der Waals surface area contributed by atoms with Crippen molar-refractivity contribution in [2.24, 2.45) is 0 Å². The first-order chi connectivity index (χ1) is 11.2. The van der Waals surface area contributed by atoms with Crippen molar-refractivity contribution in [3.05, 3.63) is 42.1 Å². The number of hydrogen-bond donors (Lipinski definition) is 1. The fourth-order valence-electron chi connectivity index (χ4n) is 3.36. The van der Waals surface area contributed by atoms with E-state index in [-0.39, 0.29) is 5.91 Å². The Hall–Kier alpha value is -1.94. The molecule has 0 bridgehead atoms. The van der Waals surface area contributed by atoms with Gasteiger partial charge in [0.2, 0.25) is 5.91 Å². The van der Waals surface area contributed by atoms with Crippen LogP contribution in [0.1, 0.15) is 37.7 Å². The molecule has 0 saturated heterocycles. The zero-order valence-corrected chi connectivity index (χ0v) is 13.8. The van der Waals surface area contributed by atoms with E-state index in [0.29, 0.717) is 12.6 Å². The molecule has 3 rings (SSSR count). The van der Waals surface area contributed by atoms with Gasteiger partial charge < -0.3 is 5.32 Å². The van der Waals surface area contributed by atoms with Crippen LogP contribution in [0, 0.1) is 0 Å². The molecule has 1 saturated carbocycles. The van der Waals surface area contributed by atoms with Crippen LogP contribution in [0.2, 0.25) is 0 Å². The summed E-state index contributed by atoms with van der Waals surface area (Å²) in [7, 11) is 1.99. The lowest BCUT2D eigenvalue weighted by Gasteiger charge is -2.24. The number of rotatable bonds is 5. The van der Waals surface area contributed by atoms with Crippen molar-refractivity contribution in [1.82, 2.24) is 15.2 Å². The number of benzene rings is 1. The number of nitrogens with zero attached hydrogens (tertiary/aromatic N) is 2. The van der Waals surface area contributed by atoms with Crippen LogP contribution >= 0.6 is 0 Å². The first kappa shape index (κ1) is 15.9. The van der Waals surface area contributed by atoms with E-state index in [4.69, 9.17) is 0 Å². The first-order valence-corrected chi connectivity index (χ1v) is 8.52. The monoisotopic (exact) mass is 311 g/mol. The fraction of sp³-hybridized carbons (Fsp3) is 0.474. The summed E-state index contributed by atoms with van der Waals surface area (Å²) in [5.41, 5.74) is 2.22. The summed E-state index contributed by atoms with van der Waals surface area (Å²) in [6.45, 7) is 1.21. The van der Waals surface area contributed by atoms with Gasteiger partial charge in [0.25, 0.3) is 0 Å². The van der Waals surface area contributed by atoms with Gasteiger partial charge in [0, 0.05) is 24.2 Å². The molecule has 122 valence electrons. The lowest BCUT2D eigenvalue weighted by atomic mass is 9.95. The summed E-state index contributed by atoms with van der Waals surface area (Å²) in [6, 6.07) is 10.7. The van der Waals surface area contributed by atoms with Crippen LogP contribution in [0.3, 0.4) is 0 Å². The van der Waals surface area contributed by atoms with Crippen LogP contribution < -0.4 is 5.32 Å². The van der Waals surface area contributed by atoms with Crippen LogP contribution in [0.5, 0.6) is 0 Å². The Morgan fingerprint density at radius 1 is 1.26 bits per heavy atom. The van der Waals surface area contributed by atoms with E-state index in [1.807, 2.05) is 25.4 Å². The molecule has 1 aliphatic rings. The highest BCUT2D eigenvalue weighted by molar-refractivity contribution is 5.79. The number of hydrogen-bond acceptors (Lipinski definition) is 3. The summed E-state index contributed by atoms with van der Waals surface area (Å²) < 4.78 is 0. The minimum atomic E-state index is 0.141.